The zero-order valence-corrected chi connectivity index (χ0v) is 11.8. The van der Waals surface area contributed by atoms with Crippen molar-refractivity contribution in [3.63, 3.8) is 0 Å². The van der Waals surface area contributed by atoms with Gasteiger partial charge in [0.2, 0.25) is 0 Å². The summed E-state index contributed by atoms with van der Waals surface area (Å²) in [6, 6.07) is 19.6. The average molecular weight is 298 g/mol. The molecule has 0 amide bonds. The Bertz CT molecular complexity index is 752. The quantitative estimate of drug-likeness (QED) is 0.651. The molecule has 0 bridgehead atoms. The van der Waals surface area contributed by atoms with E-state index in [0.717, 1.165) is 27.6 Å². The maximum absolute atomic E-state index is 5.89. The second-order valence-corrected chi connectivity index (χ2v) is 5.45. The summed E-state index contributed by atoms with van der Waals surface area (Å²) in [7, 11) is 0. The minimum atomic E-state index is -0.0591. The molecule has 0 radical (unpaired) electrons. The summed E-state index contributed by atoms with van der Waals surface area (Å²) in [5.41, 5.74) is 2.97. The van der Waals surface area contributed by atoms with Crippen LogP contribution in [-0.2, 0) is 4.74 Å². The molecule has 1 aliphatic rings. The summed E-state index contributed by atoms with van der Waals surface area (Å²) in [5.74, 6) is 0.758. The third-order valence-corrected chi connectivity index (χ3v) is 3.82. The predicted molar refractivity (Wildman–Crippen MR) is 80.0 cm³/mol. The van der Waals surface area contributed by atoms with Crippen molar-refractivity contribution in [2.24, 2.45) is 0 Å². The molecule has 0 saturated carbocycles. The monoisotopic (exact) mass is 297 g/mol. The van der Waals surface area contributed by atoms with Gasteiger partial charge in [0.1, 0.15) is 17.9 Å². The van der Waals surface area contributed by atoms with Crippen LogP contribution in [0.2, 0.25) is 5.02 Å². The fraction of sp³-hybridized carbons (Fsp3) is 0.118. The lowest BCUT2D eigenvalue weighted by Gasteiger charge is -1.94. The highest BCUT2D eigenvalue weighted by Gasteiger charge is 2.44. The van der Waals surface area contributed by atoms with Crippen LogP contribution in [0.15, 0.2) is 65.2 Å². The SMILES string of the molecule is Clc1ccc(C2OC2c2cc(-c3ccccc3)no2)cc1. The molecule has 3 nitrogen and oxygen atoms in total. The van der Waals surface area contributed by atoms with Crippen LogP contribution in [0.3, 0.4) is 0 Å². The van der Waals surface area contributed by atoms with Crippen LogP contribution in [0, 0.1) is 0 Å². The summed E-state index contributed by atoms with van der Waals surface area (Å²) < 4.78 is 11.1. The van der Waals surface area contributed by atoms with Gasteiger partial charge in [0.05, 0.1) is 0 Å². The first kappa shape index (κ1) is 12.6. The van der Waals surface area contributed by atoms with Crippen LogP contribution in [0.25, 0.3) is 11.3 Å². The summed E-state index contributed by atoms with van der Waals surface area (Å²) in [5, 5.41) is 4.84. The van der Waals surface area contributed by atoms with Gasteiger partial charge in [-0.3, -0.25) is 0 Å². The minimum absolute atomic E-state index is 0.0267. The van der Waals surface area contributed by atoms with E-state index in [1.54, 1.807) is 0 Å². The van der Waals surface area contributed by atoms with Crippen molar-refractivity contribution < 1.29 is 9.26 Å². The lowest BCUT2D eigenvalue weighted by Crippen LogP contribution is -1.82. The van der Waals surface area contributed by atoms with Crippen molar-refractivity contribution in [2.75, 3.05) is 0 Å². The van der Waals surface area contributed by atoms with E-state index in [0.29, 0.717) is 0 Å². The van der Waals surface area contributed by atoms with Crippen molar-refractivity contribution in [1.29, 1.82) is 0 Å². The molecule has 1 aromatic heterocycles. The molecule has 0 N–H and O–H groups in total. The number of rotatable bonds is 3. The smallest absolute Gasteiger partial charge is 0.169 e. The number of aromatic nitrogens is 1. The van der Waals surface area contributed by atoms with Gasteiger partial charge in [0.15, 0.2) is 5.76 Å². The van der Waals surface area contributed by atoms with Gasteiger partial charge in [0.25, 0.3) is 0 Å². The van der Waals surface area contributed by atoms with Crippen LogP contribution in [-0.4, -0.2) is 5.16 Å². The molecular formula is C17H12ClNO2. The van der Waals surface area contributed by atoms with E-state index in [9.17, 15) is 0 Å². The zero-order chi connectivity index (χ0) is 14.2. The Morgan fingerprint density at radius 2 is 1.67 bits per heavy atom. The molecule has 1 aliphatic heterocycles. The second kappa shape index (κ2) is 5.02. The van der Waals surface area contributed by atoms with Gasteiger partial charge < -0.3 is 9.26 Å². The Labute approximate surface area is 127 Å². The summed E-state index contributed by atoms with van der Waals surface area (Å²) in [6.45, 7) is 0. The summed E-state index contributed by atoms with van der Waals surface area (Å²) in [4.78, 5) is 0. The molecule has 104 valence electrons. The van der Waals surface area contributed by atoms with Gasteiger partial charge in [-0.05, 0) is 17.7 Å². The van der Waals surface area contributed by atoms with E-state index >= 15 is 0 Å². The molecule has 4 rings (SSSR count). The molecule has 0 aliphatic carbocycles. The molecule has 2 atom stereocenters. The van der Waals surface area contributed by atoms with Crippen LogP contribution in [0.1, 0.15) is 23.5 Å². The number of hydrogen-bond donors (Lipinski definition) is 0. The van der Waals surface area contributed by atoms with E-state index in [1.165, 1.54) is 0 Å². The lowest BCUT2D eigenvalue weighted by molar-refractivity contribution is 0.318. The first-order valence-electron chi connectivity index (χ1n) is 6.74. The number of halogens is 1. The van der Waals surface area contributed by atoms with Crippen molar-refractivity contribution in [1.82, 2.24) is 5.16 Å². The van der Waals surface area contributed by atoms with Gasteiger partial charge in [-0.1, -0.05) is 59.2 Å². The molecule has 2 unspecified atom stereocenters. The van der Waals surface area contributed by atoms with E-state index < -0.39 is 0 Å². The lowest BCUT2D eigenvalue weighted by atomic mass is 10.1. The van der Waals surface area contributed by atoms with Gasteiger partial charge in [-0.2, -0.15) is 0 Å². The van der Waals surface area contributed by atoms with Crippen molar-refractivity contribution in [3.8, 4) is 11.3 Å². The topological polar surface area (TPSA) is 38.6 Å². The largest absolute Gasteiger partial charge is 0.358 e. The molecule has 1 saturated heterocycles. The van der Waals surface area contributed by atoms with Crippen molar-refractivity contribution >= 4 is 11.6 Å². The molecular weight excluding hydrogens is 286 g/mol. The Morgan fingerprint density at radius 1 is 0.905 bits per heavy atom. The van der Waals surface area contributed by atoms with Gasteiger partial charge in [-0.25, -0.2) is 0 Å². The number of epoxide rings is 1. The van der Waals surface area contributed by atoms with Crippen LogP contribution >= 0.6 is 11.6 Å². The molecule has 4 heteroatoms. The third kappa shape index (κ3) is 2.46. The fourth-order valence-corrected chi connectivity index (χ4v) is 2.53. The minimum Gasteiger partial charge on any atom is -0.358 e. The first-order chi connectivity index (χ1) is 10.3. The van der Waals surface area contributed by atoms with Crippen LogP contribution in [0.4, 0.5) is 0 Å². The Hall–Kier alpha value is -2.10. The van der Waals surface area contributed by atoms with E-state index in [4.69, 9.17) is 20.9 Å². The average Bonchev–Trinajstić information content (AvgIpc) is 3.17. The number of hydrogen-bond acceptors (Lipinski definition) is 3. The normalized spacial score (nSPS) is 20.4. The molecule has 2 aromatic carbocycles. The van der Waals surface area contributed by atoms with Crippen LogP contribution in [0.5, 0.6) is 0 Å². The van der Waals surface area contributed by atoms with Crippen molar-refractivity contribution in [2.45, 2.75) is 12.2 Å². The van der Waals surface area contributed by atoms with Gasteiger partial charge in [-0.15, -0.1) is 0 Å². The fourth-order valence-electron chi connectivity index (χ4n) is 2.40. The van der Waals surface area contributed by atoms with Gasteiger partial charge >= 0.3 is 0 Å². The van der Waals surface area contributed by atoms with Gasteiger partial charge in [0, 0.05) is 16.7 Å². The highest BCUT2D eigenvalue weighted by atomic mass is 35.5. The Kier molecular flexibility index (Phi) is 3.02. The second-order valence-electron chi connectivity index (χ2n) is 5.01. The summed E-state index contributed by atoms with van der Waals surface area (Å²) in [6.07, 6.45) is -0.0324. The highest BCUT2D eigenvalue weighted by Crippen LogP contribution is 2.51. The zero-order valence-electron chi connectivity index (χ0n) is 11.1. The maximum atomic E-state index is 5.89. The van der Waals surface area contributed by atoms with E-state index in [-0.39, 0.29) is 12.2 Å². The third-order valence-electron chi connectivity index (χ3n) is 3.57. The molecule has 2 heterocycles. The highest BCUT2D eigenvalue weighted by molar-refractivity contribution is 6.30. The van der Waals surface area contributed by atoms with Crippen LogP contribution < -0.4 is 0 Å². The Balaban J connectivity index is 1.54. The van der Waals surface area contributed by atoms with Crippen molar-refractivity contribution in [3.05, 3.63) is 77.0 Å². The van der Waals surface area contributed by atoms with E-state index in [2.05, 4.69) is 5.16 Å². The molecule has 0 spiro atoms. The summed E-state index contributed by atoms with van der Waals surface area (Å²) >= 11 is 5.89. The first-order valence-corrected chi connectivity index (χ1v) is 7.12. The number of benzene rings is 2. The molecule has 1 fully saturated rings. The standard InChI is InChI=1S/C17H12ClNO2/c18-13-8-6-12(7-9-13)16-17(20-16)15-10-14(19-21-15)11-4-2-1-3-5-11/h1-10,16-17H. The maximum Gasteiger partial charge on any atom is 0.169 e. The predicted octanol–water partition coefficient (Wildman–Crippen LogP) is 4.81. The number of nitrogens with zero attached hydrogens (tertiary/aromatic N) is 1. The molecule has 3 aromatic rings. The molecule has 21 heavy (non-hydrogen) atoms. The Morgan fingerprint density at radius 3 is 2.43 bits per heavy atom. The van der Waals surface area contributed by atoms with E-state index in [1.807, 2.05) is 60.7 Å². The number of ether oxygens (including phenoxy) is 1.